The summed E-state index contributed by atoms with van der Waals surface area (Å²) in [7, 11) is 6.08. The molecule has 12 amide bonds. The number of likely N-dealkylation sites (N-methyl/N-ethyl adjacent to an activating group) is 2. The molecule has 0 spiro atoms. The largest absolute Gasteiger partial charge is 0.445 e. The summed E-state index contributed by atoms with van der Waals surface area (Å²) in [4.78, 5) is 154. The Morgan fingerprint density at radius 2 is 1.41 bits per heavy atom. The van der Waals surface area contributed by atoms with E-state index in [-0.39, 0.29) is 98.4 Å². The van der Waals surface area contributed by atoms with Gasteiger partial charge >= 0.3 is 12.1 Å². The van der Waals surface area contributed by atoms with Crippen LogP contribution in [0.4, 0.5) is 15.3 Å². The number of benzene rings is 2. The molecule has 0 aliphatic carbocycles. The number of imide groups is 1. The van der Waals surface area contributed by atoms with Gasteiger partial charge in [0.2, 0.25) is 53.2 Å². The van der Waals surface area contributed by atoms with Crippen molar-refractivity contribution in [1.29, 1.82) is 0 Å². The van der Waals surface area contributed by atoms with Crippen molar-refractivity contribution in [3.05, 3.63) is 65.7 Å². The number of rotatable bonds is 39. The first kappa shape index (κ1) is 81.1. The molecule has 0 saturated carbocycles. The molecule has 536 valence electrons. The summed E-state index contributed by atoms with van der Waals surface area (Å²) in [6.07, 6.45) is 2.56. The number of ether oxygens (including phenoxy) is 3. The van der Waals surface area contributed by atoms with Crippen LogP contribution in [0.15, 0.2) is 54.6 Å². The van der Waals surface area contributed by atoms with E-state index >= 15 is 0 Å². The van der Waals surface area contributed by atoms with Crippen molar-refractivity contribution in [1.82, 2.24) is 46.2 Å². The molecule has 0 aromatic heterocycles. The molecule has 4 rings (SSSR count). The first-order chi connectivity index (χ1) is 45.4. The Hall–Kier alpha value is -7.36. The molecule has 2 aliphatic heterocycles. The minimum absolute atomic E-state index is 0.0862. The number of primary amides is 1. The SMILES string of the molecule is CC[C@H](C)C([C@@H](CC(=O)N1CCCC1[C@H](OC)[C@@H](C)C(=O)NC(C)[C@@H](O)c1ccccc1)OC)N(C)C(=O)[C@@H](NC(=O)C(C(C)C)N(C)C(=O)OCc1ccc(NC(=O)[C@H](CCCNC(N)=O)NC(=O)[C@@H](NC(=O)CCCCCN2C(=O)CC(SC)C2=O)C(C)C)cc1)C(C)C. The van der Waals surface area contributed by atoms with E-state index in [1.54, 1.807) is 115 Å². The molecule has 2 aromatic rings. The van der Waals surface area contributed by atoms with Crippen LogP contribution in [-0.4, -0.2) is 204 Å². The monoisotopic (exact) mass is 1360 g/mol. The number of nitrogens with zero attached hydrogens (tertiary/aromatic N) is 4. The number of carbonyl (C=O) groups is 11. The number of anilines is 1. The third-order valence-corrected chi connectivity index (χ3v) is 19.2. The summed E-state index contributed by atoms with van der Waals surface area (Å²) in [5.41, 5.74) is 6.79. The van der Waals surface area contributed by atoms with Gasteiger partial charge in [-0.25, -0.2) is 9.59 Å². The molecule has 0 radical (unpaired) electrons. The number of hydrogen-bond donors (Lipinski definition) is 8. The molecule has 9 N–H and O–H groups in total. The second-order valence-corrected chi connectivity index (χ2v) is 27.5. The maximum atomic E-state index is 14.8. The van der Waals surface area contributed by atoms with Gasteiger partial charge in [0.1, 0.15) is 30.8 Å². The number of unbranched alkanes of at least 4 members (excludes halogenated alkanes) is 2. The van der Waals surface area contributed by atoms with Crippen LogP contribution in [0.25, 0.3) is 0 Å². The molecule has 27 heteroatoms. The molecule has 2 aliphatic rings. The summed E-state index contributed by atoms with van der Waals surface area (Å²) in [5, 5.41) is 27.3. The predicted octanol–water partition coefficient (Wildman–Crippen LogP) is 5.64. The Morgan fingerprint density at radius 1 is 0.750 bits per heavy atom. The highest BCUT2D eigenvalue weighted by atomic mass is 32.2. The predicted molar refractivity (Wildman–Crippen MR) is 366 cm³/mol. The van der Waals surface area contributed by atoms with Crippen LogP contribution in [-0.2, 0) is 64.0 Å². The fourth-order valence-corrected chi connectivity index (χ4v) is 13.1. The number of hydrogen-bond acceptors (Lipinski definition) is 16. The van der Waals surface area contributed by atoms with Crippen LogP contribution in [0, 0.1) is 29.6 Å². The quantitative estimate of drug-likeness (QED) is 0.0296. The number of likely N-dealkylation sites (tertiary alicyclic amines) is 2. The third-order valence-electron chi connectivity index (χ3n) is 18.3. The maximum absolute atomic E-state index is 14.8. The summed E-state index contributed by atoms with van der Waals surface area (Å²) >= 11 is 1.35. The Labute approximate surface area is 571 Å². The smallest absolute Gasteiger partial charge is 0.410 e. The zero-order valence-corrected chi connectivity index (χ0v) is 59.8. The second-order valence-electron chi connectivity index (χ2n) is 26.4. The van der Waals surface area contributed by atoms with Crippen molar-refractivity contribution in [3.63, 3.8) is 0 Å². The highest BCUT2D eigenvalue weighted by molar-refractivity contribution is 8.00. The van der Waals surface area contributed by atoms with Crippen LogP contribution in [0.1, 0.15) is 157 Å². The second kappa shape index (κ2) is 39.8. The number of amides is 12. The third kappa shape index (κ3) is 23.4. The van der Waals surface area contributed by atoms with Crippen molar-refractivity contribution in [2.45, 2.75) is 212 Å². The lowest BCUT2D eigenvalue weighted by Gasteiger charge is -2.41. The number of carbonyl (C=O) groups excluding carboxylic acids is 11. The van der Waals surface area contributed by atoms with Gasteiger partial charge in [-0.1, -0.05) is 118 Å². The highest BCUT2D eigenvalue weighted by Crippen LogP contribution is 2.31. The standard InChI is InChI=1S/C69H109N11O15S/c1-16-43(8)59(51(93-13)37-54(82)79-36-24-28-50(79)61(94-14)44(9)62(85)72-45(10)60(84)47-25-19-17-20-26-47)77(11)67(90)57(41(4)5)76-65(88)58(42(6)7)78(12)69(92)95-39-46-30-32-48(33-31-46)73-63(86)49(27-23-34-71-68(70)91)74-64(87)56(40(2)3)75-53(81)29-21-18-22-35-80-55(83)38-52(96-15)66(80)89/h17,19-20,25-26,30-33,40-45,49-52,56-61,84H,16,18,21-24,27-29,34-39H2,1-15H3,(H,72,85)(H,73,86)(H,74,87)(H,75,81)(H,76,88)(H3,70,71,91)/t43-,44+,45?,49-,50?,51+,52?,56-,57-,58?,59?,60+,61+/m0/s1. The zero-order chi connectivity index (χ0) is 71.7. The van der Waals surface area contributed by atoms with Crippen LogP contribution < -0.4 is 37.6 Å². The molecular weight excluding hydrogens is 1250 g/mol. The molecule has 2 heterocycles. The number of nitrogens with one attached hydrogen (secondary N) is 6. The van der Waals surface area contributed by atoms with E-state index in [1.807, 2.05) is 32.0 Å². The van der Waals surface area contributed by atoms with Crippen LogP contribution in [0.3, 0.4) is 0 Å². The summed E-state index contributed by atoms with van der Waals surface area (Å²) in [5.74, 6) is -5.64. The number of thioether (sulfide) groups is 1. The topological polar surface area (TPSA) is 347 Å². The fourth-order valence-electron chi connectivity index (χ4n) is 12.5. The zero-order valence-electron chi connectivity index (χ0n) is 59.0. The van der Waals surface area contributed by atoms with Gasteiger partial charge in [-0.2, -0.15) is 11.8 Å². The van der Waals surface area contributed by atoms with E-state index < -0.39 is 114 Å². The molecule has 96 heavy (non-hydrogen) atoms. The number of nitrogens with two attached hydrogens (primary N) is 1. The van der Waals surface area contributed by atoms with Crippen molar-refractivity contribution in [3.8, 4) is 0 Å². The van der Waals surface area contributed by atoms with Crippen LogP contribution >= 0.6 is 11.8 Å². The lowest BCUT2D eigenvalue weighted by molar-refractivity contribution is -0.148. The van der Waals surface area contributed by atoms with Crippen LogP contribution in [0.5, 0.6) is 0 Å². The minimum atomic E-state index is -1.11. The van der Waals surface area contributed by atoms with Gasteiger partial charge < -0.3 is 66.8 Å². The summed E-state index contributed by atoms with van der Waals surface area (Å²) in [6.45, 7) is 18.7. The average Bonchev–Trinajstić information content (AvgIpc) is 1.42. The molecule has 13 atom stereocenters. The van der Waals surface area contributed by atoms with Crippen molar-refractivity contribution < 1.29 is 72.1 Å². The molecule has 2 saturated heterocycles. The van der Waals surface area contributed by atoms with E-state index in [2.05, 4.69) is 31.9 Å². The van der Waals surface area contributed by atoms with Gasteiger partial charge in [0.05, 0.1) is 54.0 Å². The lowest BCUT2D eigenvalue weighted by Crippen LogP contribution is -2.60. The molecule has 2 aromatic carbocycles. The van der Waals surface area contributed by atoms with Crippen molar-refractivity contribution in [2.24, 2.45) is 35.3 Å². The molecule has 2 fully saturated rings. The fraction of sp³-hybridized carbons (Fsp3) is 0.667. The Kier molecular flexibility index (Phi) is 33.6. The first-order valence-corrected chi connectivity index (χ1v) is 35.0. The number of aliphatic hydroxyl groups excluding tert-OH is 1. The summed E-state index contributed by atoms with van der Waals surface area (Å²) in [6, 6.07) is 8.76. The maximum Gasteiger partial charge on any atom is 0.410 e. The number of aliphatic hydroxyl groups is 1. The van der Waals surface area contributed by atoms with Crippen molar-refractivity contribution >= 4 is 82.7 Å². The molecule has 26 nitrogen and oxygen atoms in total. The average molecular weight is 1360 g/mol. The molecule has 5 unspecified atom stereocenters. The number of methoxy groups -OCH3 is 2. The van der Waals surface area contributed by atoms with E-state index in [0.717, 1.165) is 0 Å². The first-order valence-electron chi connectivity index (χ1n) is 33.7. The normalized spacial score (nSPS) is 18.2. The van der Waals surface area contributed by atoms with Crippen molar-refractivity contribution in [2.75, 3.05) is 59.5 Å². The summed E-state index contributed by atoms with van der Waals surface area (Å²) < 4.78 is 17.8. The van der Waals surface area contributed by atoms with E-state index in [4.69, 9.17) is 19.9 Å². The van der Waals surface area contributed by atoms with E-state index in [1.165, 1.54) is 42.8 Å². The number of urea groups is 1. The Morgan fingerprint density at radius 3 is 1.98 bits per heavy atom. The minimum Gasteiger partial charge on any atom is -0.445 e. The lowest BCUT2D eigenvalue weighted by atomic mass is 9.89. The van der Waals surface area contributed by atoms with Crippen LogP contribution in [0.2, 0.25) is 0 Å². The van der Waals surface area contributed by atoms with Gasteiger partial charge in [0.15, 0.2) is 0 Å². The molecular formula is C69H109N11O15S. The van der Waals surface area contributed by atoms with Gasteiger partial charge in [0.25, 0.3) is 0 Å². The van der Waals surface area contributed by atoms with Gasteiger partial charge in [0, 0.05) is 66.5 Å². The Bertz CT molecular complexity index is 2910. The van der Waals surface area contributed by atoms with E-state index in [0.29, 0.717) is 61.9 Å². The van der Waals surface area contributed by atoms with Gasteiger partial charge in [-0.3, -0.25) is 53.0 Å². The van der Waals surface area contributed by atoms with Gasteiger partial charge in [-0.15, -0.1) is 0 Å². The highest BCUT2D eigenvalue weighted by Gasteiger charge is 2.44. The van der Waals surface area contributed by atoms with Gasteiger partial charge in [-0.05, 0) is 98.6 Å². The van der Waals surface area contributed by atoms with E-state index in [9.17, 15) is 57.8 Å². The Balaban J connectivity index is 1.37. The molecule has 0 bridgehead atoms.